The maximum absolute atomic E-state index is 5.42. The van der Waals surface area contributed by atoms with Crippen LogP contribution in [0.5, 0.6) is 0 Å². The average Bonchev–Trinajstić information content (AvgIpc) is 2.41. The number of ether oxygens (including phenoxy) is 1. The lowest BCUT2D eigenvalue weighted by atomic mass is 10.1. The average molecular weight is 294 g/mol. The number of aromatic nitrogens is 2. The number of nitrogens with one attached hydrogen (secondary N) is 2. The molecule has 0 bridgehead atoms. The van der Waals surface area contributed by atoms with Gasteiger partial charge in [0, 0.05) is 25.3 Å². The van der Waals surface area contributed by atoms with Gasteiger partial charge < -0.3 is 15.4 Å². The third-order valence-corrected chi connectivity index (χ3v) is 2.98. The highest BCUT2D eigenvalue weighted by atomic mass is 16.5. The number of hydrogen-bond acceptors (Lipinski definition) is 5. The molecule has 0 radical (unpaired) electrons. The molecular weight excluding hydrogens is 264 g/mol. The first-order valence-electron chi connectivity index (χ1n) is 8.01. The molecule has 0 amide bonds. The van der Waals surface area contributed by atoms with Gasteiger partial charge in [-0.1, -0.05) is 20.8 Å². The van der Waals surface area contributed by atoms with Crippen molar-refractivity contribution in [2.45, 2.75) is 60.1 Å². The van der Waals surface area contributed by atoms with E-state index in [4.69, 9.17) is 4.74 Å². The normalized spacial score (nSPS) is 12.5. The van der Waals surface area contributed by atoms with Crippen molar-refractivity contribution in [3.05, 3.63) is 11.9 Å². The summed E-state index contributed by atoms with van der Waals surface area (Å²) in [5.41, 5.74) is 0. The van der Waals surface area contributed by atoms with E-state index in [-0.39, 0.29) is 0 Å². The van der Waals surface area contributed by atoms with E-state index < -0.39 is 0 Å². The molecule has 0 saturated carbocycles. The SMILES string of the molecule is CCCNc1cc(NC(C)CC(C)C)nc(COCC)n1. The highest BCUT2D eigenvalue weighted by Gasteiger charge is 2.09. The Bertz CT molecular complexity index is 383. The molecule has 5 nitrogen and oxygen atoms in total. The number of nitrogens with zero attached hydrogens (tertiary/aromatic N) is 2. The molecule has 21 heavy (non-hydrogen) atoms. The summed E-state index contributed by atoms with van der Waals surface area (Å²) in [5, 5.41) is 6.78. The van der Waals surface area contributed by atoms with Crippen LogP contribution in [0.4, 0.5) is 11.6 Å². The van der Waals surface area contributed by atoms with Crippen LogP contribution in [0.25, 0.3) is 0 Å². The first-order valence-corrected chi connectivity index (χ1v) is 8.01. The summed E-state index contributed by atoms with van der Waals surface area (Å²) in [5.74, 6) is 3.11. The molecule has 0 aromatic carbocycles. The molecule has 120 valence electrons. The van der Waals surface area contributed by atoms with Crippen molar-refractivity contribution in [1.29, 1.82) is 0 Å². The molecule has 0 fully saturated rings. The van der Waals surface area contributed by atoms with Crippen LogP contribution in [0, 0.1) is 5.92 Å². The number of rotatable bonds is 10. The Labute approximate surface area is 128 Å². The van der Waals surface area contributed by atoms with Crippen LogP contribution >= 0.6 is 0 Å². The van der Waals surface area contributed by atoms with E-state index in [0.717, 1.165) is 36.8 Å². The zero-order chi connectivity index (χ0) is 15.7. The molecule has 0 spiro atoms. The molecule has 0 saturated heterocycles. The molecule has 1 heterocycles. The molecule has 0 aliphatic rings. The van der Waals surface area contributed by atoms with Crippen molar-refractivity contribution in [2.24, 2.45) is 5.92 Å². The standard InChI is InChI=1S/C16H30N4O/c1-6-8-17-14-10-15(18-13(5)9-12(3)4)20-16(19-14)11-21-7-2/h10,12-13H,6-9,11H2,1-5H3,(H2,17,18,19,20). The molecule has 1 unspecified atom stereocenters. The van der Waals surface area contributed by atoms with Gasteiger partial charge in [-0.15, -0.1) is 0 Å². The lowest BCUT2D eigenvalue weighted by molar-refractivity contribution is 0.128. The Morgan fingerprint density at radius 2 is 1.86 bits per heavy atom. The summed E-state index contributed by atoms with van der Waals surface area (Å²) in [7, 11) is 0. The van der Waals surface area contributed by atoms with Gasteiger partial charge in [0.25, 0.3) is 0 Å². The monoisotopic (exact) mass is 294 g/mol. The van der Waals surface area contributed by atoms with Crippen LogP contribution < -0.4 is 10.6 Å². The second-order valence-electron chi connectivity index (χ2n) is 5.79. The quantitative estimate of drug-likeness (QED) is 0.689. The van der Waals surface area contributed by atoms with Crippen LogP contribution in [-0.4, -0.2) is 29.2 Å². The van der Waals surface area contributed by atoms with Crippen LogP contribution in [0.2, 0.25) is 0 Å². The van der Waals surface area contributed by atoms with E-state index in [1.807, 2.05) is 13.0 Å². The van der Waals surface area contributed by atoms with E-state index in [1.54, 1.807) is 0 Å². The first kappa shape index (κ1) is 17.7. The summed E-state index contributed by atoms with van der Waals surface area (Å²) in [6.07, 6.45) is 2.18. The zero-order valence-electron chi connectivity index (χ0n) is 14.1. The highest BCUT2D eigenvalue weighted by Crippen LogP contribution is 2.15. The summed E-state index contributed by atoms with van der Waals surface area (Å²) < 4.78 is 5.42. The van der Waals surface area contributed by atoms with E-state index in [2.05, 4.69) is 48.3 Å². The maximum Gasteiger partial charge on any atom is 0.158 e. The summed E-state index contributed by atoms with van der Waals surface area (Å²) in [6.45, 7) is 12.8. The van der Waals surface area contributed by atoms with Crippen LogP contribution in [0.1, 0.15) is 53.3 Å². The highest BCUT2D eigenvalue weighted by molar-refractivity contribution is 5.48. The Balaban J connectivity index is 2.79. The van der Waals surface area contributed by atoms with Gasteiger partial charge in [-0.2, -0.15) is 0 Å². The second kappa shape index (κ2) is 9.55. The minimum Gasteiger partial charge on any atom is -0.374 e. The van der Waals surface area contributed by atoms with E-state index in [1.165, 1.54) is 0 Å². The van der Waals surface area contributed by atoms with Gasteiger partial charge in [0.05, 0.1) is 0 Å². The van der Waals surface area contributed by atoms with Gasteiger partial charge in [-0.05, 0) is 32.6 Å². The first-order chi connectivity index (χ1) is 10.0. The topological polar surface area (TPSA) is 59.1 Å². The fourth-order valence-corrected chi connectivity index (χ4v) is 2.19. The van der Waals surface area contributed by atoms with E-state index in [0.29, 0.717) is 25.2 Å². The van der Waals surface area contributed by atoms with Crippen molar-refractivity contribution in [2.75, 3.05) is 23.8 Å². The lowest BCUT2D eigenvalue weighted by Crippen LogP contribution is -2.19. The van der Waals surface area contributed by atoms with Gasteiger partial charge in [0.15, 0.2) is 5.82 Å². The predicted octanol–water partition coefficient (Wildman–Crippen LogP) is 3.68. The third-order valence-electron chi connectivity index (χ3n) is 2.98. The third kappa shape index (κ3) is 7.27. The van der Waals surface area contributed by atoms with Crippen LogP contribution in [0.15, 0.2) is 6.07 Å². The van der Waals surface area contributed by atoms with Crippen molar-refractivity contribution < 1.29 is 4.74 Å². The number of hydrogen-bond donors (Lipinski definition) is 2. The van der Waals surface area contributed by atoms with Gasteiger partial charge in [0.1, 0.15) is 18.2 Å². The van der Waals surface area contributed by atoms with Gasteiger partial charge in [-0.25, -0.2) is 9.97 Å². The molecule has 1 aromatic heterocycles. The maximum atomic E-state index is 5.42. The Morgan fingerprint density at radius 3 is 2.48 bits per heavy atom. The smallest absolute Gasteiger partial charge is 0.158 e. The molecule has 5 heteroatoms. The molecule has 0 aliphatic heterocycles. The van der Waals surface area contributed by atoms with Crippen molar-refractivity contribution in [3.63, 3.8) is 0 Å². The fourth-order valence-electron chi connectivity index (χ4n) is 2.19. The fraction of sp³-hybridized carbons (Fsp3) is 0.750. The van der Waals surface area contributed by atoms with Gasteiger partial charge in [0.2, 0.25) is 0 Å². The lowest BCUT2D eigenvalue weighted by Gasteiger charge is -2.18. The Hall–Kier alpha value is -1.36. The van der Waals surface area contributed by atoms with E-state index >= 15 is 0 Å². The molecule has 1 aromatic rings. The Morgan fingerprint density at radius 1 is 1.14 bits per heavy atom. The molecule has 2 N–H and O–H groups in total. The van der Waals surface area contributed by atoms with E-state index in [9.17, 15) is 0 Å². The van der Waals surface area contributed by atoms with Gasteiger partial charge >= 0.3 is 0 Å². The summed E-state index contributed by atoms with van der Waals surface area (Å²) in [6, 6.07) is 2.36. The van der Waals surface area contributed by atoms with Crippen molar-refractivity contribution in [1.82, 2.24) is 9.97 Å². The Kier molecular flexibility index (Phi) is 8.05. The largest absolute Gasteiger partial charge is 0.374 e. The molecule has 1 rings (SSSR count). The van der Waals surface area contributed by atoms with Gasteiger partial charge in [-0.3, -0.25) is 0 Å². The van der Waals surface area contributed by atoms with Crippen LogP contribution in [0.3, 0.4) is 0 Å². The van der Waals surface area contributed by atoms with Crippen molar-refractivity contribution >= 4 is 11.6 Å². The van der Waals surface area contributed by atoms with Crippen molar-refractivity contribution in [3.8, 4) is 0 Å². The summed E-state index contributed by atoms with van der Waals surface area (Å²) >= 11 is 0. The molecule has 0 aliphatic carbocycles. The molecular formula is C16H30N4O. The number of anilines is 2. The minimum atomic E-state index is 0.388. The zero-order valence-corrected chi connectivity index (χ0v) is 14.1. The second-order valence-corrected chi connectivity index (χ2v) is 5.79. The minimum absolute atomic E-state index is 0.388. The van der Waals surface area contributed by atoms with Crippen LogP contribution in [-0.2, 0) is 11.3 Å². The predicted molar refractivity (Wildman–Crippen MR) is 88.7 cm³/mol. The molecule has 1 atom stereocenters. The summed E-state index contributed by atoms with van der Waals surface area (Å²) in [4.78, 5) is 9.03.